The summed E-state index contributed by atoms with van der Waals surface area (Å²) in [5, 5.41) is 28.0. The van der Waals surface area contributed by atoms with Crippen molar-refractivity contribution < 1.29 is 10.2 Å². The van der Waals surface area contributed by atoms with Gasteiger partial charge in [-0.3, -0.25) is 0 Å². The molecule has 0 saturated carbocycles. The van der Waals surface area contributed by atoms with Gasteiger partial charge in [0.1, 0.15) is 11.5 Å². The Labute approximate surface area is 152 Å². The van der Waals surface area contributed by atoms with Crippen molar-refractivity contribution in [2.45, 2.75) is 0 Å². The first kappa shape index (κ1) is 17.1. The smallest absolute Gasteiger partial charge is 0.115 e. The van der Waals surface area contributed by atoms with Crippen LogP contribution in [-0.2, 0) is 0 Å². The van der Waals surface area contributed by atoms with Crippen LogP contribution in [0.2, 0.25) is 0 Å². The molecule has 0 spiro atoms. The van der Waals surface area contributed by atoms with Crippen LogP contribution in [0.5, 0.6) is 11.5 Å². The Morgan fingerprint density at radius 1 is 0.615 bits per heavy atom. The molecule has 3 aromatic carbocycles. The van der Waals surface area contributed by atoms with Crippen LogP contribution in [0.1, 0.15) is 27.8 Å². The highest BCUT2D eigenvalue weighted by molar-refractivity contribution is 5.76. The van der Waals surface area contributed by atoms with E-state index in [0.717, 1.165) is 22.3 Å². The average Bonchev–Trinajstić information content (AvgIpc) is 2.67. The minimum atomic E-state index is 0.227. The first-order valence-electron chi connectivity index (χ1n) is 8.12. The second kappa shape index (κ2) is 7.87. The summed E-state index contributed by atoms with van der Waals surface area (Å²) in [7, 11) is 0. The van der Waals surface area contributed by atoms with E-state index < -0.39 is 0 Å². The van der Waals surface area contributed by atoms with Gasteiger partial charge >= 0.3 is 0 Å². The van der Waals surface area contributed by atoms with E-state index in [0.29, 0.717) is 5.56 Å². The van der Waals surface area contributed by atoms with Crippen LogP contribution in [0.25, 0.3) is 24.3 Å². The molecule has 0 aromatic heterocycles. The maximum Gasteiger partial charge on any atom is 0.115 e. The molecule has 0 heterocycles. The van der Waals surface area contributed by atoms with Gasteiger partial charge in [-0.25, -0.2) is 0 Å². The molecular formula is C23H17NO2. The Morgan fingerprint density at radius 3 is 1.62 bits per heavy atom. The Bertz CT molecular complexity index is 992. The zero-order valence-corrected chi connectivity index (χ0v) is 14.0. The van der Waals surface area contributed by atoms with E-state index in [1.165, 1.54) is 0 Å². The Hall–Kier alpha value is -3.77. The molecule has 3 aromatic rings. The number of nitrogens with zero attached hydrogens (tertiary/aromatic N) is 1. The molecule has 0 unspecified atom stereocenters. The largest absolute Gasteiger partial charge is 0.508 e. The third kappa shape index (κ3) is 4.40. The molecule has 2 N–H and O–H groups in total. The van der Waals surface area contributed by atoms with Gasteiger partial charge < -0.3 is 10.2 Å². The maximum absolute atomic E-state index is 9.42. The van der Waals surface area contributed by atoms with Crippen molar-refractivity contribution in [3.8, 4) is 17.6 Å². The van der Waals surface area contributed by atoms with Crippen molar-refractivity contribution in [2.75, 3.05) is 0 Å². The summed E-state index contributed by atoms with van der Waals surface area (Å²) < 4.78 is 0. The van der Waals surface area contributed by atoms with Crippen LogP contribution in [0.15, 0.2) is 66.7 Å². The van der Waals surface area contributed by atoms with Gasteiger partial charge in [0.05, 0.1) is 11.6 Å². The fourth-order valence-electron chi connectivity index (χ4n) is 2.47. The molecule has 3 heteroatoms. The number of benzene rings is 3. The number of aromatic hydroxyl groups is 2. The van der Waals surface area contributed by atoms with Crippen molar-refractivity contribution in [3.63, 3.8) is 0 Å². The summed E-state index contributed by atoms with van der Waals surface area (Å²) in [5.74, 6) is 0.461. The van der Waals surface area contributed by atoms with Crippen molar-refractivity contribution in [3.05, 3.63) is 94.5 Å². The van der Waals surface area contributed by atoms with Gasteiger partial charge in [0, 0.05) is 0 Å². The summed E-state index contributed by atoms with van der Waals surface area (Å²) in [6.45, 7) is 0. The van der Waals surface area contributed by atoms with Gasteiger partial charge in [0.15, 0.2) is 0 Å². The summed E-state index contributed by atoms with van der Waals surface area (Å²) in [6, 6.07) is 21.7. The van der Waals surface area contributed by atoms with Crippen LogP contribution in [-0.4, -0.2) is 10.2 Å². The van der Waals surface area contributed by atoms with Crippen molar-refractivity contribution in [1.29, 1.82) is 5.26 Å². The fraction of sp³-hybridized carbons (Fsp3) is 0. The lowest BCUT2D eigenvalue weighted by molar-refractivity contribution is 0.474. The fourth-order valence-corrected chi connectivity index (χ4v) is 2.47. The molecular weight excluding hydrogens is 322 g/mol. The zero-order chi connectivity index (χ0) is 18.4. The molecule has 3 nitrogen and oxygen atoms in total. The Kier molecular flexibility index (Phi) is 5.16. The molecule has 0 amide bonds. The third-order valence-electron chi connectivity index (χ3n) is 3.91. The molecule has 0 fully saturated rings. The van der Waals surface area contributed by atoms with Crippen molar-refractivity contribution >= 4 is 24.3 Å². The second-order valence-corrected chi connectivity index (χ2v) is 5.81. The number of hydrogen-bond acceptors (Lipinski definition) is 3. The maximum atomic E-state index is 9.42. The average molecular weight is 339 g/mol. The lowest BCUT2D eigenvalue weighted by Gasteiger charge is -2.01. The highest BCUT2D eigenvalue weighted by Gasteiger charge is 2.00. The molecule has 0 bridgehead atoms. The number of hydrogen-bond donors (Lipinski definition) is 2. The summed E-state index contributed by atoms with van der Waals surface area (Å²) in [5.41, 5.74) is 4.27. The topological polar surface area (TPSA) is 64.2 Å². The number of phenols is 2. The molecule has 0 atom stereocenters. The first-order chi connectivity index (χ1) is 12.6. The van der Waals surface area contributed by atoms with Gasteiger partial charge in [0.25, 0.3) is 0 Å². The van der Waals surface area contributed by atoms with Gasteiger partial charge in [-0.15, -0.1) is 0 Å². The van der Waals surface area contributed by atoms with Crippen LogP contribution >= 0.6 is 0 Å². The van der Waals surface area contributed by atoms with Crippen molar-refractivity contribution in [1.82, 2.24) is 0 Å². The van der Waals surface area contributed by atoms with E-state index in [-0.39, 0.29) is 11.5 Å². The van der Waals surface area contributed by atoms with Crippen LogP contribution in [0.3, 0.4) is 0 Å². The van der Waals surface area contributed by atoms with Crippen LogP contribution < -0.4 is 0 Å². The predicted molar refractivity (Wildman–Crippen MR) is 105 cm³/mol. The third-order valence-corrected chi connectivity index (χ3v) is 3.91. The van der Waals surface area contributed by atoms with E-state index in [9.17, 15) is 15.5 Å². The number of nitriles is 1. The summed E-state index contributed by atoms with van der Waals surface area (Å²) in [6.07, 6.45) is 7.66. The van der Waals surface area contributed by atoms with Gasteiger partial charge in [-0.2, -0.15) is 5.26 Å². The Balaban J connectivity index is 1.80. The van der Waals surface area contributed by atoms with E-state index >= 15 is 0 Å². The molecule has 0 aliphatic rings. The van der Waals surface area contributed by atoms with E-state index in [4.69, 9.17) is 0 Å². The SMILES string of the molecule is N#Cc1cc(C=Cc2ccc(O)cc2)ccc1C=Cc1ccc(O)cc1. The summed E-state index contributed by atoms with van der Waals surface area (Å²) >= 11 is 0. The highest BCUT2D eigenvalue weighted by atomic mass is 16.3. The molecule has 0 aliphatic heterocycles. The number of phenolic OH excluding ortho intramolecular Hbond substituents is 2. The van der Waals surface area contributed by atoms with Crippen molar-refractivity contribution in [2.24, 2.45) is 0 Å². The van der Waals surface area contributed by atoms with E-state index in [1.54, 1.807) is 24.3 Å². The quantitative estimate of drug-likeness (QED) is 0.633. The monoisotopic (exact) mass is 339 g/mol. The highest BCUT2D eigenvalue weighted by Crippen LogP contribution is 2.18. The molecule has 0 saturated heterocycles. The van der Waals surface area contributed by atoms with Gasteiger partial charge in [-0.1, -0.05) is 60.7 Å². The van der Waals surface area contributed by atoms with Gasteiger partial charge in [-0.05, 0) is 52.6 Å². The minimum Gasteiger partial charge on any atom is -0.508 e. The van der Waals surface area contributed by atoms with Gasteiger partial charge in [0.2, 0.25) is 0 Å². The minimum absolute atomic E-state index is 0.227. The lowest BCUT2D eigenvalue weighted by Crippen LogP contribution is -1.84. The molecule has 0 aliphatic carbocycles. The number of rotatable bonds is 4. The van der Waals surface area contributed by atoms with E-state index in [2.05, 4.69) is 6.07 Å². The van der Waals surface area contributed by atoms with Crippen LogP contribution in [0.4, 0.5) is 0 Å². The van der Waals surface area contributed by atoms with E-state index in [1.807, 2.05) is 66.8 Å². The lowest BCUT2D eigenvalue weighted by atomic mass is 10.0. The standard InChI is InChI=1S/C23H17NO2/c24-16-21-15-19(2-1-17-5-11-22(25)12-6-17)4-10-20(21)9-3-18-7-13-23(26)14-8-18/h1-15,25-26H. The second-order valence-electron chi connectivity index (χ2n) is 5.81. The van der Waals surface area contributed by atoms with Crippen LogP contribution in [0, 0.1) is 11.3 Å². The predicted octanol–water partition coefficient (Wildman–Crippen LogP) is 5.31. The summed E-state index contributed by atoms with van der Waals surface area (Å²) in [4.78, 5) is 0. The first-order valence-corrected chi connectivity index (χ1v) is 8.12. The molecule has 3 rings (SSSR count). The Morgan fingerprint density at radius 2 is 1.08 bits per heavy atom. The molecule has 0 radical (unpaired) electrons. The molecule has 126 valence electrons. The zero-order valence-electron chi connectivity index (χ0n) is 14.0. The normalized spacial score (nSPS) is 11.0. The molecule has 26 heavy (non-hydrogen) atoms.